The summed E-state index contributed by atoms with van der Waals surface area (Å²) in [4.78, 5) is 0. The Morgan fingerprint density at radius 1 is 0.586 bits per heavy atom. The Hall–Kier alpha value is -3.19. The lowest BCUT2D eigenvalue weighted by atomic mass is 10.0. The Morgan fingerprint density at radius 2 is 1.07 bits per heavy atom. The summed E-state index contributed by atoms with van der Waals surface area (Å²) < 4.78 is 125. The van der Waals surface area contributed by atoms with Gasteiger partial charge in [-0.25, -0.2) is 0 Å². The van der Waals surface area contributed by atoms with Crippen molar-refractivity contribution in [3.8, 4) is 28.4 Å². The highest BCUT2D eigenvalue weighted by Crippen LogP contribution is 2.49. The molecule has 4 N–H and O–H groups in total. The topological polar surface area (TPSA) is 79.7 Å². The van der Waals surface area contributed by atoms with Gasteiger partial charge in [-0.1, -0.05) is 0 Å². The maximum Gasteiger partial charge on any atom is 0.573 e. The Kier molecular flexibility index (Phi) is 5.59. The zero-order valence-corrected chi connectivity index (χ0v) is 13.7. The zero-order chi connectivity index (χ0) is 22.2. The third kappa shape index (κ3) is 6.15. The summed E-state index contributed by atoms with van der Waals surface area (Å²) >= 11 is 0. The van der Waals surface area contributed by atoms with Crippen LogP contribution >= 0.6 is 0 Å². The molecule has 0 saturated heterocycles. The number of ether oxygens (including phenoxy) is 3. The standard InChI is InChI=1S/C15H9F9N2O3/c16-13(17,18)27-10-5-6(25)1-2-7(10)8-3-4-9(26)12(29-15(22,23)24)11(8)28-14(19,20)21/h1-5H,25-26H2. The fourth-order valence-electron chi connectivity index (χ4n) is 2.20. The van der Waals surface area contributed by atoms with Gasteiger partial charge < -0.3 is 25.7 Å². The molecule has 2 rings (SSSR count). The highest BCUT2D eigenvalue weighted by Gasteiger charge is 2.40. The van der Waals surface area contributed by atoms with E-state index in [4.69, 9.17) is 11.5 Å². The molecule has 0 radical (unpaired) electrons. The summed E-state index contributed by atoms with van der Waals surface area (Å²) in [5.41, 5.74) is 7.82. The van der Waals surface area contributed by atoms with Crippen LogP contribution in [0.5, 0.6) is 17.2 Å². The number of alkyl halides is 9. The SMILES string of the molecule is Nc1ccc(-c2ccc(N)c(OC(F)(F)F)c2OC(F)(F)F)c(OC(F)(F)F)c1. The summed E-state index contributed by atoms with van der Waals surface area (Å²) in [6, 6.07) is 3.78. The lowest BCUT2D eigenvalue weighted by Gasteiger charge is -2.21. The Balaban J connectivity index is 2.77. The molecule has 0 spiro atoms. The smallest absolute Gasteiger partial charge is 0.405 e. The van der Waals surface area contributed by atoms with E-state index < -0.39 is 53.1 Å². The number of rotatable bonds is 4. The van der Waals surface area contributed by atoms with Gasteiger partial charge in [0.2, 0.25) is 0 Å². The van der Waals surface area contributed by atoms with Crippen LogP contribution in [0.15, 0.2) is 30.3 Å². The highest BCUT2D eigenvalue weighted by atomic mass is 19.4. The predicted octanol–water partition coefficient (Wildman–Crippen LogP) is 5.21. The fraction of sp³-hybridized carbons (Fsp3) is 0.200. The molecule has 0 aliphatic heterocycles. The van der Waals surface area contributed by atoms with Crippen molar-refractivity contribution in [1.29, 1.82) is 0 Å². The van der Waals surface area contributed by atoms with E-state index in [9.17, 15) is 39.5 Å². The Bertz CT molecular complexity index is 892. The molecule has 29 heavy (non-hydrogen) atoms. The molecule has 5 nitrogen and oxygen atoms in total. The number of hydrogen-bond acceptors (Lipinski definition) is 5. The second-order valence-electron chi connectivity index (χ2n) is 5.26. The van der Waals surface area contributed by atoms with Gasteiger partial charge in [-0.15, -0.1) is 39.5 Å². The van der Waals surface area contributed by atoms with Crippen LogP contribution in [0.4, 0.5) is 50.9 Å². The minimum atomic E-state index is -5.54. The van der Waals surface area contributed by atoms with Crippen LogP contribution in [0, 0.1) is 0 Å². The van der Waals surface area contributed by atoms with Gasteiger partial charge >= 0.3 is 19.1 Å². The molecule has 0 unspecified atom stereocenters. The minimum Gasteiger partial charge on any atom is -0.405 e. The first-order chi connectivity index (χ1) is 13.1. The molecule has 0 fully saturated rings. The predicted molar refractivity (Wildman–Crippen MR) is 80.8 cm³/mol. The van der Waals surface area contributed by atoms with Crippen LogP contribution in [0.1, 0.15) is 0 Å². The first kappa shape index (κ1) is 22.1. The van der Waals surface area contributed by atoms with Crippen molar-refractivity contribution in [2.45, 2.75) is 19.1 Å². The molecule has 0 aromatic heterocycles. The molecule has 0 heterocycles. The van der Waals surface area contributed by atoms with Crippen molar-refractivity contribution < 1.29 is 53.7 Å². The summed E-state index contributed by atoms with van der Waals surface area (Å²) in [5.74, 6) is -4.30. The van der Waals surface area contributed by atoms with E-state index in [1.807, 2.05) is 0 Å². The first-order valence-electron chi connectivity index (χ1n) is 7.15. The lowest BCUT2D eigenvalue weighted by Crippen LogP contribution is -2.22. The summed E-state index contributed by atoms with van der Waals surface area (Å²) in [7, 11) is 0. The highest BCUT2D eigenvalue weighted by molar-refractivity contribution is 5.83. The zero-order valence-electron chi connectivity index (χ0n) is 13.7. The van der Waals surface area contributed by atoms with E-state index >= 15 is 0 Å². The summed E-state index contributed by atoms with van der Waals surface area (Å²) in [6.07, 6.45) is -16.3. The molecular formula is C15H9F9N2O3. The van der Waals surface area contributed by atoms with E-state index in [0.717, 1.165) is 12.1 Å². The van der Waals surface area contributed by atoms with Gasteiger partial charge in [0.1, 0.15) is 5.75 Å². The van der Waals surface area contributed by atoms with Gasteiger partial charge in [0, 0.05) is 22.9 Å². The van der Waals surface area contributed by atoms with Crippen LogP contribution in [-0.4, -0.2) is 19.1 Å². The van der Waals surface area contributed by atoms with E-state index in [-0.39, 0.29) is 5.69 Å². The van der Waals surface area contributed by atoms with Gasteiger partial charge in [-0.05, 0) is 24.3 Å². The minimum absolute atomic E-state index is 0.270. The molecule has 0 atom stereocenters. The molecule has 0 saturated carbocycles. The van der Waals surface area contributed by atoms with E-state index in [2.05, 4.69) is 14.2 Å². The average Bonchev–Trinajstić information content (AvgIpc) is 2.48. The average molecular weight is 436 g/mol. The second-order valence-corrected chi connectivity index (χ2v) is 5.26. The van der Waals surface area contributed by atoms with E-state index in [0.29, 0.717) is 18.2 Å². The van der Waals surface area contributed by atoms with Gasteiger partial charge in [-0.2, -0.15) is 0 Å². The first-order valence-corrected chi connectivity index (χ1v) is 7.15. The maximum absolute atomic E-state index is 12.8. The van der Waals surface area contributed by atoms with Crippen LogP contribution in [0.3, 0.4) is 0 Å². The molecule has 0 bridgehead atoms. The van der Waals surface area contributed by atoms with Crippen molar-refractivity contribution in [2.24, 2.45) is 0 Å². The molecule has 2 aromatic rings. The number of benzene rings is 2. The summed E-state index contributed by atoms with van der Waals surface area (Å²) in [6.45, 7) is 0. The summed E-state index contributed by atoms with van der Waals surface area (Å²) in [5, 5.41) is 0. The van der Waals surface area contributed by atoms with Gasteiger partial charge in [0.15, 0.2) is 11.5 Å². The largest absolute Gasteiger partial charge is 0.573 e. The van der Waals surface area contributed by atoms with E-state index in [1.165, 1.54) is 0 Å². The van der Waals surface area contributed by atoms with Crippen LogP contribution in [-0.2, 0) is 0 Å². The van der Waals surface area contributed by atoms with E-state index in [1.54, 1.807) is 0 Å². The molecule has 2 aromatic carbocycles. The van der Waals surface area contributed by atoms with Crippen LogP contribution in [0.25, 0.3) is 11.1 Å². The Morgan fingerprint density at radius 3 is 1.59 bits per heavy atom. The Labute approximate surface area is 155 Å². The molecule has 14 heteroatoms. The van der Waals surface area contributed by atoms with Gasteiger partial charge in [0.25, 0.3) is 0 Å². The van der Waals surface area contributed by atoms with Crippen molar-refractivity contribution >= 4 is 11.4 Å². The maximum atomic E-state index is 12.8. The third-order valence-corrected chi connectivity index (χ3v) is 3.10. The molecular weight excluding hydrogens is 427 g/mol. The molecule has 0 amide bonds. The molecule has 0 aliphatic rings. The van der Waals surface area contributed by atoms with Crippen molar-refractivity contribution in [1.82, 2.24) is 0 Å². The lowest BCUT2D eigenvalue weighted by molar-refractivity contribution is -0.286. The third-order valence-electron chi connectivity index (χ3n) is 3.10. The van der Waals surface area contributed by atoms with Crippen molar-refractivity contribution in [2.75, 3.05) is 11.5 Å². The van der Waals surface area contributed by atoms with Crippen LogP contribution < -0.4 is 25.7 Å². The van der Waals surface area contributed by atoms with Crippen LogP contribution in [0.2, 0.25) is 0 Å². The number of anilines is 2. The number of halogens is 9. The monoisotopic (exact) mass is 436 g/mol. The fourth-order valence-corrected chi connectivity index (χ4v) is 2.20. The molecule has 160 valence electrons. The quantitative estimate of drug-likeness (QED) is 0.508. The second kappa shape index (κ2) is 7.33. The normalized spacial score (nSPS) is 12.6. The molecule has 0 aliphatic carbocycles. The van der Waals surface area contributed by atoms with Crippen molar-refractivity contribution in [3.05, 3.63) is 30.3 Å². The number of nitrogens with two attached hydrogens (primary N) is 2. The number of nitrogen functional groups attached to an aromatic ring is 2. The van der Waals surface area contributed by atoms with Gasteiger partial charge in [-0.3, -0.25) is 0 Å². The van der Waals surface area contributed by atoms with Gasteiger partial charge in [0.05, 0.1) is 5.69 Å². The number of hydrogen-bond donors (Lipinski definition) is 2. The van der Waals surface area contributed by atoms with Crippen molar-refractivity contribution in [3.63, 3.8) is 0 Å².